The van der Waals surface area contributed by atoms with Crippen molar-refractivity contribution in [1.29, 1.82) is 0 Å². The van der Waals surface area contributed by atoms with Crippen molar-refractivity contribution in [2.45, 2.75) is 19.0 Å². The number of aromatic nitrogens is 5. The third kappa shape index (κ3) is 4.66. The number of nitrogens with one attached hydrogen (secondary N) is 1. The molecule has 0 spiro atoms. The van der Waals surface area contributed by atoms with Gasteiger partial charge in [-0.15, -0.1) is 0 Å². The zero-order chi connectivity index (χ0) is 20.5. The summed E-state index contributed by atoms with van der Waals surface area (Å²) in [7, 11) is 0. The number of nitrogens with zero attached hydrogens (tertiary/aromatic N) is 5. The predicted molar refractivity (Wildman–Crippen MR) is 90.2 cm³/mol. The topological polar surface area (TPSA) is 76.5 Å². The first-order valence-corrected chi connectivity index (χ1v) is 7.98. The van der Waals surface area contributed by atoms with E-state index < -0.39 is 23.5 Å². The molecular formula is C16H10ClF5N6. The Labute approximate surface area is 159 Å². The number of hydrogen-bond acceptors (Lipinski definition) is 6. The van der Waals surface area contributed by atoms with E-state index >= 15 is 0 Å². The van der Waals surface area contributed by atoms with E-state index in [0.717, 1.165) is 18.3 Å². The highest BCUT2D eigenvalue weighted by molar-refractivity contribution is 6.28. The molecule has 3 aromatic heterocycles. The fourth-order valence-corrected chi connectivity index (χ4v) is 2.28. The van der Waals surface area contributed by atoms with Gasteiger partial charge in [-0.05, 0) is 35.9 Å². The van der Waals surface area contributed by atoms with Gasteiger partial charge >= 0.3 is 6.18 Å². The number of halogens is 6. The third-order valence-electron chi connectivity index (χ3n) is 3.34. The van der Waals surface area contributed by atoms with Crippen LogP contribution in [0.5, 0.6) is 0 Å². The van der Waals surface area contributed by atoms with Crippen LogP contribution < -0.4 is 5.32 Å². The number of alkyl halides is 5. The van der Waals surface area contributed by atoms with E-state index in [4.69, 9.17) is 11.6 Å². The normalized spacial score (nSPS) is 12.1. The first-order chi connectivity index (χ1) is 13.0. The van der Waals surface area contributed by atoms with Crippen molar-refractivity contribution in [3.05, 3.63) is 53.2 Å². The van der Waals surface area contributed by atoms with E-state index in [1.54, 1.807) is 0 Å². The van der Waals surface area contributed by atoms with E-state index in [0.29, 0.717) is 6.92 Å². The van der Waals surface area contributed by atoms with Gasteiger partial charge in [-0.2, -0.15) is 36.9 Å². The SMILES string of the molecule is CC(F)(F)c1cccc(-c2nc(Cl)nc(Nc3ccnc(C(F)(F)F)c3)n2)n1. The van der Waals surface area contributed by atoms with Gasteiger partial charge in [-0.1, -0.05) is 6.07 Å². The van der Waals surface area contributed by atoms with Crippen LogP contribution in [0.4, 0.5) is 33.6 Å². The maximum atomic E-state index is 13.5. The van der Waals surface area contributed by atoms with Gasteiger partial charge in [0.25, 0.3) is 5.92 Å². The van der Waals surface area contributed by atoms with E-state index in [2.05, 4.69) is 30.2 Å². The molecule has 0 atom stereocenters. The molecule has 0 aliphatic rings. The maximum Gasteiger partial charge on any atom is 0.433 e. The first-order valence-electron chi connectivity index (χ1n) is 7.60. The average molecular weight is 417 g/mol. The van der Waals surface area contributed by atoms with Gasteiger partial charge in [0.15, 0.2) is 5.82 Å². The van der Waals surface area contributed by atoms with Crippen molar-refractivity contribution in [1.82, 2.24) is 24.9 Å². The molecule has 3 aromatic rings. The summed E-state index contributed by atoms with van der Waals surface area (Å²) in [5.41, 5.74) is -1.62. The summed E-state index contributed by atoms with van der Waals surface area (Å²) in [6, 6.07) is 5.90. The molecule has 3 heterocycles. The monoisotopic (exact) mass is 416 g/mol. The summed E-state index contributed by atoms with van der Waals surface area (Å²) in [5.74, 6) is -3.50. The number of anilines is 2. The molecule has 28 heavy (non-hydrogen) atoms. The Kier molecular flexibility index (Phi) is 5.11. The standard InChI is InChI=1S/C16H10ClF5N6/c1-15(18,19)10-4-2-3-9(25-10)12-26-13(17)28-14(27-12)24-8-5-6-23-11(7-8)16(20,21)22/h2-7H,1H3,(H,23,24,26,27,28). The molecule has 12 heteroatoms. The molecule has 0 unspecified atom stereocenters. The molecule has 6 nitrogen and oxygen atoms in total. The smallest absolute Gasteiger partial charge is 0.324 e. The molecule has 0 saturated heterocycles. The Morgan fingerprint density at radius 1 is 0.929 bits per heavy atom. The maximum absolute atomic E-state index is 13.5. The highest BCUT2D eigenvalue weighted by atomic mass is 35.5. The lowest BCUT2D eigenvalue weighted by atomic mass is 10.2. The Hall–Kier alpha value is -2.95. The van der Waals surface area contributed by atoms with Crippen molar-refractivity contribution in [3.8, 4) is 11.5 Å². The van der Waals surface area contributed by atoms with Crippen LogP contribution in [0.25, 0.3) is 11.5 Å². The van der Waals surface area contributed by atoms with Gasteiger partial charge in [0, 0.05) is 18.8 Å². The Morgan fingerprint density at radius 3 is 2.36 bits per heavy atom. The van der Waals surface area contributed by atoms with Crippen LogP contribution in [0.2, 0.25) is 5.28 Å². The van der Waals surface area contributed by atoms with Crippen LogP contribution in [0, 0.1) is 0 Å². The van der Waals surface area contributed by atoms with Crippen LogP contribution in [-0.2, 0) is 12.1 Å². The number of hydrogen-bond donors (Lipinski definition) is 1. The summed E-state index contributed by atoms with van der Waals surface area (Å²) in [5, 5.41) is 2.25. The fourth-order valence-electron chi connectivity index (χ4n) is 2.12. The molecule has 1 N–H and O–H groups in total. The second-order valence-corrected chi connectivity index (χ2v) is 5.94. The van der Waals surface area contributed by atoms with E-state index in [1.165, 1.54) is 18.2 Å². The summed E-state index contributed by atoms with van der Waals surface area (Å²) in [6.07, 6.45) is -3.67. The van der Waals surface area contributed by atoms with Gasteiger partial charge in [0.05, 0.1) is 0 Å². The summed E-state index contributed by atoms with van der Waals surface area (Å²) in [4.78, 5) is 18.6. The minimum Gasteiger partial charge on any atom is -0.324 e. The first kappa shape index (κ1) is 19.8. The molecule has 0 saturated carbocycles. The van der Waals surface area contributed by atoms with Gasteiger partial charge in [0.2, 0.25) is 11.2 Å². The minimum atomic E-state index is -4.63. The second kappa shape index (κ2) is 7.23. The van der Waals surface area contributed by atoms with E-state index in [9.17, 15) is 22.0 Å². The number of rotatable bonds is 4. The molecule has 146 valence electrons. The molecule has 0 radical (unpaired) electrons. The van der Waals surface area contributed by atoms with Gasteiger partial charge < -0.3 is 5.32 Å². The van der Waals surface area contributed by atoms with Gasteiger partial charge in [-0.25, -0.2) is 4.98 Å². The van der Waals surface area contributed by atoms with Crippen LogP contribution >= 0.6 is 11.6 Å². The summed E-state index contributed by atoms with van der Waals surface area (Å²) < 4.78 is 65.3. The van der Waals surface area contributed by atoms with Crippen LogP contribution in [0.1, 0.15) is 18.3 Å². The third-order valence-corrected chi connectivity index (χ3v) is 3.51. The Morgan fingerprint density at radius 2 is 1.68 bits per heavy atom. The average Bonchev–Trinajstić information content (AvgIpc) is 2.60. The molecule has 0 fully saturated rings. The Balaban J connectivity index is 1.95. The molecule has 0 amide bonds. The van der Waals surface area contributed by atoms with Crippen molar-refractivity contribution in [2.75, 3.05) is 5.32 Å². The van der Waals surface area contributed by atoms with Crippen molar-refractivity contribution >= 4 is 23.2 Å². The fraction of sp³-hybridized carbons (Fsp3) is 0.188. The highest BCUT2D eigenvalue weighted by Gasteiger charge is 2.32. The lowest BCUT2D eigenvalue weighted by Crippen LogP contribution is -2.11. The quantitative estimate of drug-likeness (QED) is 0.612. The molecule has 3 rings (SSSR count). The summed E-state index contributed by atoms with van der Waals surface area (Å²) >= 11 is 5.83. The molecular weight excluding hydrogens is 407 g/mol. The molecule has 0 bridgehead atoms. The van der Waals surface area contributed by atoms with Gasteiger partial charge in [-0.3, -0.25) is 4.98 Å². The predicted octanol–water partition coefficient (Wildman–Crippen LogP) is 4.86. The van der Waals surface area contributed by atoms with Crippen molar-refractivity contribution < 1.29 is 22.0 Å². The van der Waals surface area contributed by atoms with E-state index in [-0.39, 0.29) is 28.4 Å². The van der Waals surface area contributed by atoms with Crippen LogP contribution in [0.3, 0.4) is 0 Å². The Bertz CT molecular complexity index is 1010. The minimum absolute atomic E-state index is 0.00246. The van der Waals surface area contributed by atoms with Crippen molar-refractivity contribution in [2.24, 2.45) is 0 Å². The zero-order valence-corrected chi connectivity index (χ0v) is 14.7. The lowest BCUT2D eigenvalue weighted by molar-refractivity contribution is -0.141. The largest absolute Gasteiger partial charge is 0.433 e. The molecule has 0 aliphatic carbocycles. The van der Waals surface area contributed by atoms with E-state index in [1.807, 2.05) is 0 Å². The van der Waals surface area contributed by atoms with Crippen LogP contribution in [-0.4, -0.2) is 24.9 Å². The van der Waals surface area contributed by atoms with Gasteiger partial charge in [0.1, 0.15) is 17.1 Å². The van der Waals surface area contributed by atoms with Crippen molar-refractivity contribution in [3.63, 3.8) is 0 Å². The second-order valence-electron chi connectivity index (χ2n) is 5.60. The zero-order valence-electron chi connectivity index (χ0n) is 14.0. The molecule has 0 aromatic carbocycles. The highest BCUT2D eigenvalue weighted by Crippen LogP contribution is 2.30. The number of pyridine rings is 2. The van der Waals surface area contributed by atoms with Crippen LogP contribution in [0.15, 0.2) is 36.5 Å². The summed E-state index contributed by atoms with van der Waals surface area (Å²) in [6.45, 7) is 0.689. The lowest BCUT2D eigenvalue weighted by Gasteiger charge is -2.11. The molecule has 0 aliphatic heterocycles.